The standard InChI is InChI=1S/C24H21N3OS/c1-16-12-13-17(2)21(14-16)27-24(28)23(18-8-4-3-5-9-18)29-22-15-25-19-10-6-7-11-20(19)26-22/h3-15,23H,1-2H3,(H,27,28)/t23-/m0/s1. The second-order valence-electron chi connectivity index (χ2n) is 6.91. The molecule has 1 aromatic heterocycles. The van der Waals surface area contributed by atoms with Crippen LogP contribution >= 0.6 is 11.8 Å². The van der Waals surface area contributed by atoms with Crippen LogP contribution in [0.3, 0.4) is 0 Å². The van der Waals surface area contributed by atoms with Gasteiger partial charge < -0.3 is 5.32 Å². The van der Waals surface area contributed by atoms with E-state index in [1.54, 1.807) is 6.20 Å². The van der Waals surface area contributed by atoms with E-state index < -0.39 is 5.25 Å². The Kier molecular flexibility index (Phi) is 5.58. The number of carbonyl (C=O) groups is 1. The zero-order chi connectivity index (χ0) is 20.2. The number of aryl methyl sites for hydroxylation is 2. The van der Waals surface area contributed by atoms with Gasteiger partial charge >= 0.3 is 0 Å². The van der Waals surface area contributed by atoms with Crippen LogP contribution in [0.5, 0.6) is 0 Å². The lowest BCUT2D eigenvalue weighted by Gasteiger charge is -2.18. The number of hydrogen-bond acceptors (Lipinski definition) is 4. The van der Waals surface area contributed by atoms with Gasteiger partial charge in [0.25, 0.3) is 0 Å². The van der Waals surface area contributed by atoms with E-state index in [9.17, 15) is 4.79 Å². The molecule has 0 saturated carbocycles. The molecule has 1 heterocycles. The summed E-state index contributed by atoms with van der Waals surface area (Å²) in [5.41, 5.74) is 5.56. The smallest absolute Gasteiger partial charge is 0.242 e. The molecular weight excluding hydrogens is 378 g/mol. The summed E-state index contributed by atoms with van der Waals surface area (Å²) < 4.78 is 0. The van der Waals surface area contributed by atoms with Crippen molar-refractivity contribution in [3.8, 4) is 0 Å². The Morgan fingerprint density at radius 2 is 1.66 bits per heavy atom. The van der Waals surface area contributed by atoms with Crippen molar-refractivity contribution in [1.29, 1.82) is 0 Å². The van der Waals surface area contributed by atoms with Crippen molar-refractivity contribution < 1.29 is 4.79 Å². The maximum absolute atomic E-state index is 13.3. The Balaban J connectivity index is 1.65. The summed E-state index contributed by atoms with van der Waals surface area (Å²) in [6.45, 7) is 4.01. The molecule has 0 bridgehead atoms. The summed E-state index contributed by atoms with van der Waals surface area (Å²) in [6.07, 6.45) is 1.73. The number of nitrogens with zero attached hydrogens (tertiary/aromatic N) is 2. The van der Waals surface area contributed by atoms with Gasteiger partial charge in [-0.05, 0) is 48.7 Å². The maximum Gasteiger partial charge on any atom is 0.242 e. The van der Waals surface area contributed by atoms with Gasteiger partial charge in [-0.2, -0.15) is 0 Å². The van der Waals surface area contributed by atoms with Crippen molar-refractivity contribution in [2.45, 2.75) is 24.1 Å². The molecule has 0 aliphatic heterocycles. The van der Waals surface area contributed by atoms with Crippen molar-refractivity contribution in [3.63, 3.8) is 0 Å². The second kappa shape index (κ2) is 8.45. The number of hydrogen-bond donors (Lipinski definition) is 1. The quantitative estimate of drug-likeness (QED) is 0.436. The van der Waals surface area contributed by atoms with Crippen LogP contribution in [0, 0.1) is 13.8 Å². The number of rotatable bonds is 5. The van der Waals surface area contributed by atoms with Crippen LogP contribution in [0.25, 0.3) is 11.0 Å². The van der Waals surface area contributed by atoms with Crippen molar-refractivity contribution >= 4 is 34.4 Å². The van der Waals surface area contributed by atoms with Gasteiger partial charge in [0.05, 0.1) is 17.2 Å². The summed E-state index contributed by atoms with van der Waals surface area (Å²) in [4.78, 5) is 22.4. The average molecular weight is 400 g/mol. The third-order valence-corrected chi connectivity index (χ3v) is 5.82. The molecule has 0 unspecified atom stereocenters. The highest BCUT2D eigenvalue weighted by Gasteiger charge is 2.23. The number of para-hydroxylation sites is 2. The average Bonchev–Trinajstić information content (AvgIpc) is 2.75. The Morgan fingerprint density at radius 1 is 0.931 bits per heavy atom. The first-order valence-corrected chi connectivity index (χ1v) is 10.3. The number of fused-ring (bicyclic) bond motifs is 1. The largest absolute Gasteiger partial charge is 0.325 e. The molecule has 4 aromatic rings. The van der Waals surface area contributed by atoms with Crippen molar-refractivity contribution in [3.05, 3.63) is 95.7 Å². The molecule has 0 aliphatic carbocycles. The number of benzene rings is 3. The molecule has 0 aliphatic rings. The van der Waals surface area contributed by atoms with Gasteiger partial charge in [0.2, 0.25) is 5.91 Å². The molecule has 1 atom stereocenters. The van der Waals surface area contributed by atoms with E-state index in [1.165, 1.54) is 11.8 Å². The Labute approximate surface area is 174 Å². The van der Waals surface area contributed by atoms with Gasteiger partial charge in [0.15, 0.2) is 0 Å². The first-order valence-electron chi connectivity index (χ1n) is 9.42. The molecule has 0 spiro atoms. The van der Waals surface area contributed by atoms with Gasteiger partial charge in [-0.1, -0.05) is 66.4 Å². The van der Waals surface area contributed by atoms with Gasteiger partial charge in [-0.15, -0.1) is 0 Å². The van der Waals surface area contributed by atoms with Crippen LogP contribution in [0.15, 0.2) is 84.0 Å². The first kappa shape index (κ1) is 19.2. The molecule has 5 heteroatoms. The van der Waals surface area contributed by atoms with E-state index in [1.807, 2.05) is 86.6 Å². The van der Waals surface area contributed by atoms with Gasteiger partial charge in [0, 0.05) is 5.69 Å². The molecule has 1 amide bonds. The van der Waals surface area contributed by atoms with Crippen LogP contribution in [0.2, 0.25) is 0 Å². The van der Waals surface area contributed by atoms with E-state index >= 15 is 0 Å². The number of aromatic nitrogens is 2. The molecule has 1 N–H and O–H groups in total. The van der Waals surface area contributed by atoms with Crippen LogP contribution in [-0.4, -0.2) is 15.9 Å². The molecule has 0 radical (unpaired) electrons. The van der Waals surface area contributed by atoms with Crippen LogP contribution in [-0.2, 0) is 4.79 Å². The minimum atomic E-state index is -0.438. The Bertz CT molecular complexity index is 1160. The fourth-order valence-electron chi connectivity index (χ4n) is 3.09. The fraction of sp³-hybridized carbons (Fsp3) is 0.125. The summed E-state index contributed by atoms with van der Waals surface area (Å²) in [6, 6.07) is 23.6. The highest BCUT2D eigenvalue weighted by atomic mass is 32.2. The lowest BCUT2D eigenvalue weighted by Crippen LogP contribution is -2.19. The Hall–Kier alpha value is -3.18. The predicted octanol–water partition coefficient (Wildman–Crippen LogP) is 5.72. The predicted molar refractivity (Wildman–Crippen MR) is 119 cm³/mol. The van der Waals surface area contributed by atoms with Gasteiger partial charge in [-0.3, -0.25) is 9.78 Å². The van der Waals surface area contributed by atoms with E-state index in [-0.39, 0.29) is 5.91 Å². The maximum atomic E-state index is 13.3. The molecule has 3 aromatic carbocycles. The summed E-state index contributed by atoms with van der Waals surface area (Å²) in [5, 5.41) is 3.38. The number of amides is 1. The lowest BCUT2D eigenvalue weighted by molar-refractivity contribution is -0.115. The molecule has 144 valence electrons. The highest BCUT2D eigenvalue weighted by Crippen LogP contribution is 2.36. The normalized spacial score (nSPS) is 11.9. The lowest BCUT2D eigenvalue weighted by atomic mass is 10.1. The molecule has 0 fully saturated rings. The minimum absolute atomic E-state index is 0.0788. The highest BCUT2D eigenvalue weighted by molar-refractivity contribution is 8.00. The second-order valence-corrected chi connectivity index (χ2v) is 8.04. The van der Waals surface area contributed by atoms with Crippen molar-refractivity contribution in [2.24, 2.45) is 0 Å². The van der Waals surface area contributed by atoms with Crippen molar-refractivity contribution in [2.75, 3.05) is 5.32 Å². The first-order chi connectivity index (χ1) is 14.1. The Morgan fingerprint density at radius 3 is 2.45 bits per heavy atom. The van der Waals surface area contributed by atoms with E-state index in [0.717, 1.165) is 33.4 Å². The summed E-state index contributed by atoms with van der Waals surface area (Å²) >= 11 is 1.41. The zero-order valence-electron chi connectivity index (χ0n) is 16.3. The van der Waals surface area contributed by atoms with Gasteiger partial charge in [0.1, 0.15) is 10.3 Å². The van der Waals surface area contributed by atoms with E-state index in [2.05, 4.69) is 15.3 Å². The molecule has 4 rings (SSSR count). The van der Waals surface area contributed by atoms with Crippen molar-refractivity contribution in [1.82, 2.24) is 9.97 Å². The third-order valence-electron chi connectivity index (χ3n) is 4.66. The van der Waals surface area contributed by atoms with E-state index in [4.69, 9.17) is 0 Å². The zero-order valence-corrected chi connectivity index (χ0v) is 17.1. The minimum Gasteiger partial charge on any atom is -0.325 e. The van der Waals surface area contributed by atoms with Crippen LogP contribution in [0.1, 0.15) is 21.9 Å². The molecular formula is C24H21N3OS. The molecule has 29 heavy (non-hydrogen) atoms. The fourth-order valence-corrected chi connectivity index (χ4v) is 4.05. The molecule has 4 nitrogen and oxygen atoms in total. The molecule has 0 saturated heterocycles. The monoisotopic (exact) mass is 399 g/mol. The van der Waals surface area contributed by atoms with E-state index in [0.29, 0.717) is 5.03 Å². The third kappa shape index (κ3) is 4.46. The number of thioether (sulfide) groups is 1. The van der Waals surface area contributed by atoms with Gasteiger partial charge in [-0.25, -0.2) is 4.98 Å². The van der Waals surface area contributed by atoms with Crippen LogP contribution < -0.4 is 5.32 Å². The topological polar surface area (TPSA) is 54.9 Å². The van der Waals surface area contributed by atoms with Crippen LogP contribution in [0.4, 0.5) is 5.69 Å². The number of carbonyl (C=O) groups excluding carboxylic acids is 1. The SMILES string of the molecule is Cc1ccc(C)c(NC(=O)[C@@H](Sc2cnc3ccccc3n2)c2ccccc2)c1. The summed E-state index contributed by atoms with van der Waals surface area (Å²) in [5.74, 6) is -0.0788. The summed E-state index contributed by atoms with van der Waals surface area (Å²) in [7, 11) is 0. The number of nitrogens with one attached hydrogen (secondary N) is 1. The number of anilines is 1.